The van der Waals surface area contributed by atoms with Crippen LogP contribution in [-0.4, -0.2) is 11.1 Å². The molecule has 1 aromatic carbocycles. The average molecular weight is 258 g/mol. The van der Waals surface area contributed by atoms with Crippen LogP contribution in [0.2, 0.25) is 0 Å². The van der Waals surface area contributed by atoms with Gasteiger partial charge >= 0.3 is 0 Å². The van der Waals surface area contributed by atoms with Gasteiger partial charge in [-0.05, 0) is 44.4 Å². The average Bonchev–Trinajstić information content (AvgIpc) is 2.74. The standard InChI is InChI=1S/C15H18N2O2/c1-9-5-10(2)13(11(3)6-9)8-16-15(18)14-7-12(4)17-19-14/h5-7H,8H2,1-4H3,(H,16,18). The maximum Gasteiger partial charge on any atom is 0.290 e. The van der Waals surface area contributed by atoms with Crippen LogP contribution in [0.25, 0.3) is 0 Å². The fraction of sp³-hybridized carbons (Fsp3) is 0.333. The number of hydrogen-bond donors (Lipinski definition) is 1. The van der Waals surface area contributed by atoms with Crippen molar-refractivity contribution in [1.29, 1.82) is 0 Å². The first-order chi connectivity index (χ1) is 8.97. The topological polar surface area (TPSA) is 55.1 Å². The molecule has 2 rings (SSSR count). The van der Waals surface area contributed by atoms with Crippen molar-refractivity contribution in [3.8, 4) is 0 Å². The number of hydrogen-bond acceptors (Lipinski definition) is 3. The highest BCUT2D eigenvalue weighted by atomic mass is 16.5. The van der Waals surface area contributed by atoms with Crippen molar-refractivity contribution in [2.24, 2.45) is 0 Å². The molecular weight excluding hydrogens is 240 g/mol. The van der Waals surface area contributed by atoms with E-state index in [4.69, 9.17) is 4.52 Å². The third-order valence-corrected chi connectivity index (χ3v) is 3.12. The monoisotopic (exact) mass is 258 g/mol. The van der Waals surface area contributed by atoms with Gasteiger partial charge in [-0.2, -0.15) is 0 Å². The van der Waals surface area contributed by atoms with E-state index in [2.05, 4.69) is 43.4 Å². The lowest BCUT2D eigenvalue weighted by molar-refractivity contribution is 0.0914. The van der Waals surface area contributed by atoms with Crippen molar-refractivity contribution < 1.29 is 9.32 Å². The number of rotatable bonds is 3. The van der Waals surface area contributed by atoms with Crippen LogP contribution in [0.3, 0.4) is 0 Å². The minimum Gasteiger partial charge on any atom is -0.351 e. The Balaban J connectivity index is 2.09. The molecule has 4 heteroatoms. The van der Waals surface area contributed by atoms with Gasteiger partial charge in [0, 0.05) is 12.6 Å². The zero-order valence-electron chi connectivity index (χ0n) is 11.7. The SMILES string of the molecule is Cc1cc(C)c(CNC(=O)c2cc(C)no2)c(C)c1. The zero-order valence-corrected chi connectivity index (χ0v) is 11.7. The van der Waals surface area contributed by atoms with Crippen molar-refractivity contribution in [1.82, 2.24) is 10.5 Å². The summed E-state index contributed by atoms with van der Waals surface area (Å²) in [6, 6.07) is 5.87. The van der Waals surface area contributed by atoms with Gasteiger partial charge in [-0.25, -0.2) is 0 Å². The normalized spacial score (nSPS) is 10.5. The molecule has 4 nitrogen and oxygen atoms in total. The largest absolute Gasteiger partial charge is 0.351 e. The number of carbonyl (C=O) groups is 1. The first-order valence-corrected chi connectivity index (χ1v) is 6.25. The van der Waals surface area contributed by atoms with Crippen LogP contribution >= 0.6 is 0 Å². The van der Waals surface area contributed by atoms with Crippen LogP contribution in [0.5, 0.6) is 0 Å². The Morgan fingerprint density at radius 2 is 1.79 bits per heavy atom. The van der Waals surface area contributed by atoms with E-state index in [0.717, 1.165) is 5.56 Å². The van der Waals surface area contributed by atoms with Crippen molar-refractivity contribution in [3.63, 3.8) is 0 Å². The Hall–Kier alpha value is -2.10. The van der Waals surface area contributed by atoms with Gasteiger partial charge in [-0.1, -0.05) is 22.9 Å². The summed E-state index contributed by atoms with van der Waals surface area (Å²) in [5.74, 6) is 0.0138. The Kier molecular flexibility index (Phi) is 3.69. The van der Waals surface area contributed by atoms with Gasteiger partial charge in [0.05, 0.1) is 5.69 Å². The van der Waals surface area contributed by atoms with E-state index in [-0.39, 0.29) is 11.7 Å². The summed E-state index contributed by atoms with van der Waals surface area (Å²) < 4.78 is 4.93. The van der Waals surface area contributed by atoms with Crippen LogP contribution in [0, 0.1) is 27.7 Å². The molecule has 0 radical (unpaired) electrons. The third kappa shape index (κ3) is 3.02. The van der Waals surface area contributed by atoms with E-state index in [0.29, 0.717) is 12.2 Å². The summed E-state index contributed by atoms with van der Waals surface area (Å²) in [7, 11) is 0. The highest BCUT2D eigenvalue weighted by molar-refractivity contribution is 5.91. The van der Waals surface area contributed by atoms with Gasteiger partial charge in [-0.15, -0.1) is 0 Å². The highest BCUT2D eigenvalue weighted by Crippen LogP contribution is 2.16. The summed E-state index contributed by atoms with van der Waals surface area (Å²) in [6.07, 6.45) is 0. The number of aryl methyl sites for hydroxylation is 4. The van der Waals surface area contributed by atoms with Crippen LogP contribution in [0.1, 0.15) is 38.5 Å². The molecule has 0 saturated carbocycles. The Morgan fingerprint density at radius 3 is 2.32 bits per heavy atom. The molecule has 1 aromatic heterocycles. The number of nitrogens with zero attached hydrogens (tertiary/aromatic N) is 1. The minimum atomic E-state index is -0.236. The van der Waals surface area contributed by atoms with Gasteiger partial charge in [0.1, 0.15) is 0 Å². The van der Waals surface area contributed by atoms with Gasteiger partial charge in [0.2, 0.25) is 5.76 Å². The third-order valence-electron chi connectivity index (χ3n) is 3.12. The van der Waals surface area contributed by atoms with Crippen molar-refractivity contribution in [2.75, 3.05) is 0 Å². The van der Waals surface area contributed by atoms with Crippen molar-refractivity contribution in [3.05, 3.63) is 51.9 Å². The quantitative estimate of drug-likeness (QED) is 0.921. The minimum absolute atomic E-state index is 0.236. The summed E-state index contributed by atoms with van der Waals surface area (Å²) in [6.45, 7) is 8.46. The van der Waals surface area contributed by atoms with Crippen molar-refractivity contribution in [2.45, 2.75) is 34.2 Å². The fourth-order valence-corrected chi connectivity index (χ4v) is 2.22. The van der Waals surface area contributed by atoms with E-state index >= 15 is 0 Å². The number of carbonyl (C=O) groups excluding carboxylic acids is 1. The van der Waals surface area contributed by atoms with E-state index in [1.54, 1.807) is 13.0 Å². The Bertz CT molecular complexity index is 591. The molecule has 0 atom stereocenters. The van der Waals surface area contributed by atoms with Crippen LogP contribution in [-0.2, 0) is 6.54 Å². The van der Waals surface area contributed by atoms with Gasteiger partial charge in [-0.3, -0.25) is 4.79 Å². The highest BCUT2D eigenvalue weighted by Gasteiger charge is 2.12. The predicted molar refractivity (Wildman–Crippen MR) is 73.1 cm³/mol. The molecule has 1 amide bonds. The molecule has 1 heterocycles. The second kappa shape index (κ2) is 5.26. The number of benzene rings is 1. The molecule has 0 spiro atoms. The summed E-state index contributed by atoms with van der Waals surface area (Å²) in [5, 5.41) is 6.56. The first-order valence-electron chi connectivity index (χ1n) is 6.25. The molecule has 100 valence electrons. The molecule has 0 bridgehead atoms. The lowest BCUT2D eigenvalue weighted by Crippen LogP contribution is -2.23. The van der Waals surface area contributed by atoms with E-state index in [1.807, 2.05) is 0 Å². The van der Waals surface area contributed by atoms with E-state index in [9.17, 15) is 4.79 Å². The second-order valence-electron chi connectivity index (χ2n) is 4.89. The van der Waals surface area contributed by atoms with Crippen LogP contribution in [0.4, 0.5) is 0 Å². The Labute approximate surface area is 112 Å². The lowest BCUT2D eigenvalue weighted by atomic mass is 10.00. The summed E-state index contributed by atoms with van der Waals surface area (Å²) in [4.78, 5) is 11.9. The molecule has 0 saturated heterocycles. The summed E-state index contributed by atoms with van der Waals surface area (Å²) >= 11 is 0. The fourth-order valence-electron chi connectivity index (χ4n) is 2.22. The molecule has 0 unspecified atom stereocenters. The molecular formula is C15H18N2O2. The lowest BCUT2D eigenvalue weighted by Gasteiger charge is -2.11. The van der Waals surface area contributed by atoms with Gasteiger partial charge in [0.15, 0.2) is 0 Å². The molecule has 0 aliphatic rings. The van der Waals surface area contributed by atoms with Gasteiger partial charge in [0.25, 0.3) is 5.91 Å². The maximum absolute atomic E-state index is 11.9. The van der Waals surface area contributed by atoms with E-state index < -0.39 is 0 Å². The van der Waals surface area contributed by atoms with Crippen LogP contribution < -0.4 is 5.32 Å². The second-order valence-corrected chi connectivity index (χ2v) is 4.89. The van der Waals surface area contributed by atoms with Gasteiger partial charge < -0.3 is 9.84 Å². The molecule has 1 N–H and O–H groups in total. The zero-order chi connectivity index (χ0) is 14.0. The maximum atomic E-state index is 11.9. The molecule has 0 aliphatic carbocycles. The van der Waals surface area contributed by atoms with Crippen molar-refractivity contribution >= 4 is 5.91 Å². The smallest absolute Gasteiger partial charge is 0.290 e. The Morgan fingerprint density at radius 1 is 1.16 bits per heavy atom. The number of amides is 1. The predicted octanol–water partition coefficient (Wildman–Crippen LogP) is 2.84. The number of nitrogens with one attached hydrogen (secondary N) is 1. The first kappa shape index (κ1) is 13.3. The summed E-state index contributed by atoms with van der Waals surface area (Å²) in [5.41, 5.74) is 5.46. The number of aromatic nitrogens is 1. The molecule has 0 fully saturated rings. The molecule has 0 aliphatic heterocycles. The van der Waals surface area contributed by atoms with E-state index in [1.165, 1.54) is 16.7 Å². The van der Waals surface area contributed by atoms with Crippen LogP contribution in [0.15, 0.2) is 22.7 Å². The molecule has 2 aromatic rings. The molecule has 19 heavy (non-hydrogen) atoms.